The van der Waals surface area contributed by atoms with Gasteiger partial charge >= 0.3 is 0 Å². The minimum Gasteiger partial charge on any atom is -0.748 e. The molecule has 0 radical (unpaired) electrons. The molecule has 0 amide bonds. The van der Waals surface area contributed by atoms with Gasteiger partial charge in [0.2, 0.25) is 0 Å². The van der Waals surface area contributed by atoms with E-state index >= 15 is 0 Å². The van der Waals surface area contributed by atoms with Crippen molar-refractivity contribution in [2.45, 2.75) is 13.0 Å². The maximum Gasteiger partial charge on any atom is 0.177 e. The van der Waals surface area contributed by atoms with Crippen molar-refractivity contribution >= 4 is 22.0 Å². The van der Waals surface area contributed by atoms with Gasteiger partial charge in [-0.05, 0) is 30.3 Å². The van der Waals surface area contributed by atoms with Gasteiger partial charge in [-0.1, -0.05) is 0 Å². The van der Waals surface area contributed by atoms with Gasteiger partial charge in [-0.25, -0.2) is 13.0 Å². The van der Waals surface area contributed by atoms with Crippen LogP contribution >= 0.6 is 0 Å². The summed E-state index contributed by atoms with van der Waals surface area (Å²) < 4.78 is 38.9. The smallest absolute Gasteiger partial charge is 0.177 e. The van der Waals surface area contributed by atoms with E-state index in [2.05, 4.69) is 5.10 Å². The quantitative estimate of drug-likeness (QED) is 0.306. The van der Waals surface area contributed by atoms with Gasteiger partial charge in [-0.15, -0.1) is 0 Å². The molecule has 7 nitrogen and oxygen atoms in total. The third-order valence-electron chi connectivity index (χ3n) is 3.52. The standard InChI is InChI=1S/C17H21N3O4S/c1-19(16-6-8-17(24-2)9-7-16)18-13-15-5-3-10-20(14-15)11-4-12-25(21,22)23/h3,5-10,13-14H,4,11-12H2,1-2H3/b18-13+. The second-order valence-corrected chi connectivity index (χ2v) is 6.98. The number of ether oxygens (including phenoxy) is 1. The van der Waals surface area contributed by atoms with Crippen LogP contribution in [0, 0.1) is 0 Å². The topological polar surface area (TPSA) is 85.9 Å². The molecule has 0 unspecified atom stereocenters. The van der Waals surface area contributed by atoms with Crippen molar-refractivity contribution in [1.82, 2.24) is 0 Å². The predicted molar refractivity (Wildman–Crippen MR) is 94.8 cm³/mol. The van der Waals surface area contributed by atoms with E-state index in [0.717, 1.165) is 17.0 Å². The van der Waals surface area contributed by atoms with Crippen molar-refractivity contribution in [1.29, 1.82) is 0 Å². The number of hydrogen-bond donors (Lipinski definition) is 0. The molecule has 0 bridgehead atoms. The van der Waals surface area contributed by atoms with Crippen LogP contribution in [0.25, 0.3) is 0 Å². The van der Waals surface area contributed by atoms with E-state index in [9.17, 15) is 13.0 Å². The largest absolute Gasteiger partial charge is 0.748 e. The van der Waals surface area contributed by atoms with E-state index in [4.69, 9.17) is 4.74 Å². The third kappa shape index (κ3) is 6.52. The van der Waals surface area contributed by atoms with E-state index in [1.165, 1.54) is 0 Å². The first kappa shape index (κ1) is 18.9. The number of rotatable bonds is 8. The maximum absolute atomic E-state index is 10.6. The molecule has 8 heteroatoms. The summed E-state index contributed by atoms with van der Waals surface area (Å²) in [6.45, 7) is 0.456. The Morgan fingerprint density at radius 3 is 2.64 bits per heavy atom. The second-order valence-electron chi connectivity index (χ2n) is 5.46. The lowest BCUT2D eigenvalue weighted by Crippen LogP contribution is -2.34. The maximum atomic E-state index is 10.6. The zero-order valence-electron chi connectivity index (χ0n) is 14.2. The molecule has 2 rings (SSSR count). The van der Waals surface area contributed by atoms with Crippen LogP contribution in [0.4, 0.5) is 5.69 Å². The van der Waals surface area contributed by atoms with Crippen molar-refractivity contribution in [3.8, 4) is 5.75 Å². The highest BCUT2D eigenvalue weighted by atomic mass is 32.2. The summed E-state index contributed by atoms with van der Waals surface area (Å²) in [6.07, 6.45) is 5.67. The highest BCUT2D eigenvalue weighted by Crippen LogP contribution is 2.18. The molecule has 0 saturated carbocycles. The van der Waals surface area contributed by atoms with Crippen LogP contribution in [-0.4, -0.2) is 39.1 Å². The minimum absolute atomic E-state index is 0.281. The summed E-state index contributed by atoms with van der Waals surface area (Å²) in [5.74, 6) is 0.420. The Morgan fingerprint density at radius 1 is 1.28 bits per heavy atom. The molecule has 1 aromatic heterocycles. The Kier molecular flexibility index (Phi) is 6.49. The van der Waals surface area contributed by atoms with E-state index in [1.807, 2.05) is 60.4 Å². The van der Waals surface area contributed by atoms with E-state index in [1.54, 1.807) is 18.3 Å². The average molecular weight is 363 g/mol. The summed E-state index contributed by atoms with van der Waals surface area (Å²) >= 11 is 0. The molecule has 1 heterocycles. The number of hydrogen-bond acceptors (Lipinski definition) is 6. The molecule has 0 aliphatic heterocycles. The van der Waals surface area contributed by atoms with Gasteiger partial charge in [-0.3, -0.25) is 5.01 Å². The molecule has 0 saturated heterocycles. The molecule has 0 atom stereocenters. The van der Waals surface area contributed by atoms with Gasteiger partial charge in [0, 0.05) is 25.3 Å². The molecule has 0 spiro atoms. The summed E-state index contributed by atoms with van der Waals surface area (Å²) in [4.78, 5) is 0. The first-order chi connectivity index (χ1) is 11.9. The molecule has 2 aromatic rings. The van der Waals surface area contributed by atoms with E-state index < -0.39 is 10.1 Å². The van der Waals surface area contributed by atoms with Gasteiger partial charge in [0.05, 0.1) is 34.7 Å². The lowest BCUT2D eigenvalue weighted by atomic mass is 10.3. The molecule has 0 N–H and O–H groups in total. The Hall–Kier alpha value is -2.45. The fourth-order valence-electron chi connectivity index (χ4n) is 2.20. The number of aromatic nitrogens is 1. The predicted octanol–water partition coefficient (Wildman–Crippen LogP) is 1.39. The van der Waals surface area contributed by atoms with Crippen LogP contribution in [0.15, 0.2) is 53.9 Å². The summed E-state index contributed by atoms with van der Waals surface area (Å²) in [7, 11) is -0.706. The van der Waals surface area contributed by atoms with Crippen molar-refractivity contribution in [3.63, 3.8) is 0 Å². The van der Waals surface area contributed by atoms with Crippen molar-refractivity contribution in [2.24, 2.45) is 5.10 Å². The highest BCUT2D eigenvalue weighted by Gasteiger charge is 2.04. The number of aryl methyl sites for hydroxylation is 1. The molecule has 0 aliphatic rings. The van der Waals surface area contributed by atoms with Crippen molar-refractivity contribution < 1.29 is 22.3 Å². The number of nitrogens with zero attached hydrogens (tertiary/aromatic N) is 3. The van der Waals surface area contributed by atoms with Crippen LogP contribution in [0.5, 0.6) is 5.75 Å². The lowest BCUT2D eigenvalue weighted by Gasteiger charge is -2.12. The van der Waals surface area contributed by atoms with Gasteiger partial charge in [0.25, 0.3) is 0 Å². The van der Waals surface area contributed by atoms with Crippen LogP contribution in [0.2, 0.25) is 0 Å². The zero-order valence-corrected chi connectivity index (χ0v) is 15.0. The number of methoxy groups -OCH3 is 1. The SMILES string of the molecule is COc1ccc(N(C)/N=C/c2ccc[n+](CCCS(=O)(=O)[O-])c2)cc1. The van der Waals surface area contributed by atoms with Gasteiger partial charge in [0.1, 0.15) is 12.3 Å². The monoisotopic (exact) mass is 363 g/mol. The summed E-state index contributed by atoms with van der Waals surface area (Å²) in [5, 5.41) is 6.13. The van der Waals surface area contributed by atoms with Gasteiger partial charge in [0.15, 0.2) is 12.4 Å². The molecule has 1 aromatic carbocycles. The number of anilines is 1. The first-order valence-corrected chi connectivity index (χ1v) is 9.29. The van der Waals surface area contributed by atoms with Gasteiger partial charge in [-0.2, -0.15) is 5.10 Å². The van der Waals surface area contributed by atoms with E-state index in [-0.39, 0.29) is 12.2 Å². The van der Waals surface area contributed by atoms with Gasteiger partial charge < -0.3 is 9.29 Å². The fraction of sp³-hybridized carbons (Fsp3) is 0.294. The first-order valence-electron chi connectivity index (χ1n) is 7.72. The fourth-order valence-corrected chi connectivity index (χ4v) is 2.68. The molecular formula is C17H21N3O4S. The number of pyridine rings is 1. The number of benzene rings is 1. The second kappa shape index (κ2) is 8.59. The Bertz CT molecular complexity index is 820. The third-order valence-corrected chi connectivity index (χ3v) is 4.31. The zero-order chi connectivity index (χ0) is 18.3. The number of hydrazone groups is 1. The Labute approximate surface area is 147 Å². The normalized spacial score (nSPS) is 11.6. The van der Waals surface area contributed by atoms with Crippen molar-refractivity contribution in [2.75, 3.05) is 24.9 Å². The van der Waals surface area contributed by atoms with Crippen LogP contribution < -0.4 is 14.3 Å². The Balaban J connectivity index is 1.98. The Morgan fingerprint density at radius 2 is 2.00 bits per heavy atom. The molecule has 0 fully saturated rings. The van der Waals surface area contributed by atoms with Crippen LogP contribution in [-0.2, 0) is 16.7 Å². The summed E-state index contributed by atoms with van der Waals surface area (Å²) in [5.41, 5.74) is 1.79. The highest BCUT2D eigenvalue weighted by molar-refractivity contribution is 7.85. The molecule has 134 valence electrons. The average Bonchev–Trinajstić information content (AvgIpc) is 2.59. The van der Waals surface area contributed by atoms with Crippen LogP contribution in [0.1, 0.15) is 12.0 Å². The molecular weight excluding hydrogens is 342 g/mol. The molecule has 0 aliphatic carbocycles. The lowest BCUT2D eigenvalue weighted by molar-refractivity contribution is -0.696. The summed E-state index contributed by atoms with van der Waals surface area (Å²) in [6, 6.07) is 11.3. The van der Waals surface area contributed by atoms with Crippen molar-refractivity contribution in [3.05, 3.63) is 54.4 Å². The van der Waals surface area contributed by atoms with E-state index in [0.29, 0.717) is 6.54 Å². The van der Waals surface area contributed by atoms with Crippen LogP contribution in [0.3, 0.4) is 0 Å². The minimum atomic E-state index is -4.17. The molecule has 25 heavy (non-hydrogen) atoms.